The summed E-state index contributed by atoms with van der Waals surface area (Å²) in [5.74, 6) is -0.0720. The van der Waals surface area contributed by atoms with Crippen molar-refractivity contribution in [3.63, 3.8) is 0 Å². The van der Waals surface area contributed by atoms with Gasteiger partial charge < -0.3 is 0 Å². The third-order valence-corrected chi connectivity index (χ3v) is 9.10. The van der Waals surface area contributed by atoms with E-state index in [0.717, 1.165) is 35.8 Å². The first kappa shape index (κ1) is 22.9. The SMILES string of the molecule is Cc1ccncc1CN1C(=O)c2c([I-]Cc3ccc(C(C)(C)C)cc3)ccc(C)c2C1O. The van der Waals surface area contributed by atoms with Gasteiger partial charge in [-0.05, 0) is 0 Å². The van der Waals surface area contributed by atoms with Crippen LogP contribution in [0.25, 0.3) is 0 Å². The molecule has 5 heteroatoms. The standard InChI is InChI=1S/C27H30IN2O2/c1-17-12-13-29-15-20(17)16-30-25(31)23-18(2)6-11-22(24(23)26(30)32)28-14-19-7-9-21(10-8-19)27(3,4)5/h6-13,15,25,31H,14,16H2,1-5H3/q-1. The second-order valence-electron chi connectivity index (χ2n) is 9.48. The van der Waals surface area contributed by atoms with E-state index in [1.165, 1.54) is 11.1 Å². The van der Waals surface area contributed by atoms with Gasteiger partial charge in [0.05, 0.1) is 0 Å². The number of aryl methyl sites for hydroxylation is 2. The number of hydrogen-bond donors (Lipinski definition) is 1. The Balaban J connectivity index is 1.57. The van der Waals surface area contributed by atoms with Crippen molar-refractivity contribution in [3.05, 3.63) is 97.4 Å². The predicted molar refractivity (Wildman–Crippen MR) is 123 cm³/mol. The molecule has 1 aromatic heterocycles. The maximum absolute atomic E-state index is 13.4. The monoisotopic (exact) mass is 541 g/mol. The summed E-state index contributed by atoms with van der Waals surface area (Å²) in [5, 5.41) is 11.1. The summed E-state index contributed by atoms with van der Waals surface area (Å²) in [5.41, 5.74) is 7.26. The minimum atomic E-state index is -0.910. The Morgan fingerprint density at radius 3 is 2.41 bits per heavy atom. The Kier molecular flexibility index (Phi) is 6.41. The molecule has 1 aliphatic heterocycles. The second kappa shape index (κ2) is 8.94. The van der Waals surface area contributed by atoms with E-state index in [4.69, 9.17) is 0 Å². The van der Waals surface area contributed by atoms with Crippen LogP contribution in [0.1, 0.15) is 70.7 Å². The van der Waals surface area contributed by atoms with Gasteiger partial charge in [-0.25, -0.2) is 0 Å². The fraction of sp³-hybridized carbons (Fsp3) is 0.333. The zero-order valence-electron chi connectivity index (χ0n) is 19.3. The third-order valence-electron chi connectivity index (χ3n) is 6.11. The van der Waals surface area contributed by atoms with Crippen molar-refractivity contribution in [1.82, 2.24) is 9.88 Å². The van der Waals surface area contributed by atoms with Gasteiger partial charge >= 0.3 is 202 Å². The molecule has 2 heterocycles. The van der Waals surface area contributed by atoms with Crippen LogP contribution in [0, 0.1) is 17.4 Å². The summed E-state index contributed by atoms with van der Waals surface area (Å²) in [6, 6.07) is 14.9. The molecule has 0 saturated heterocycles. The Hall–Kier alpha value is -2.25. The Morgan fingerprint density at radius 2 is 1.75 bits per heavy atom. The molecule has 4 nitrogen and oxygen atoms in total. The first-order valence-electron chi connectivity index (χ1n) is 10.9. The molecule has 1 atom stereocenters. The van der Waals surface area contributed by atoms with Crippen LogP contribution < -0.4 is 21.2 Å². The van der Waals surface area contributed by atoms with E-state index in [1.54, 1.807) is 17.3 Å². The quantitative estimate of drug-likeness (QED) is 0.398. The van der Waals surface area contributed by atoms with Gasteiger partial charge in [0, 0.05) is 0 Å². The number of hydrogen-bond acceptors (Lipinski definition) is 3. The van der Waals surface area contributed by atoms with E-state index in [0.29, 0.717) is 6.54 Å². The maximum atomic E-state index is 13.4. The number of carbonyl (C=O) groups excluding carboxylic acids is 1. The fourth-order valence-corrected chi connectivity index (χ4v) is 6.71. The van der Waals surface area contributed by atoms with Crippen molar-refractivity contribution < 1.29 is 31.1 Å². The van der Waals surface area contributed by atoms with E-state index in [-0.39, 0.29) is 11.3 Å². The van der Waals surface area contributed by atoms with E-state index in [1.807, 2.05) is 26.0 Å². The van der Waals surface area contributed by atoms with Gasteiger partial charge in [0.2, 0.25) is 0 Å². The minimum absolute atomic E-state index is 0.0720. The first-order valence-corrected chi connectivity index (χ1v) is 13.5. The van der Waals surface area contributed by atoms with Crippen LogP contribution in [-0.2, 0) is 16.4 Å². The van der Waals surface area contributed by atoms with Crippen LogP contribution in [0.15, 0.2) is 54.9 Å². The number of aliphatic hydroxyl groups excluding tert-OH is 1. The third kappa shape index (κ3) is 4.46. The van der Waals surface area contributed by atoms with Gasteiger partial charge in [-0.15, -0.1) is 0 Å². The molecule has 0 radical (unpaired) electrons. The molecule has 2 aromatic carbocycles. The molecular weight excluding hydrogens is 511 g/mol. The topological polar surface area (TPSA) is 53.4 Å². The molecule has 3 aromatic rings. The average molecular weight is 541 g/mol. The number of benzene rings is 2. The Bertz CT molecular complexity index is 1150. The molecule has 1 unspecified atom stereocenters. The van der Waals surface area contributed by atoms with Crippen molar-refractivity contribution >= 4 is 5.91 Å². The van der Waals surface area contributed by atoms with Crippen molar-refractivity contribution in [2.75, 3.05) is 0 Å². The molecule has 0 bridgehead atoms. The molecule has 1 amide bonds. The van der Waals surface area contributed by atoms with Crippen LogP contribution >= 0.6 is 0 Å². The number of aromatic nitrogens is 1. The van der Waals surface area contributed by atoms with Crippen LogP contribution in [0.3, 0.4) is 0 Å². The normalized spacial score (nSPS) is 16.0. The first-order chi connectivity index (χ1) is 15.2. The number of rotatable bonds is 5. The summed E-state index contributed by atoms with van der Waals surface area (Å²) in [6.45, 7) is 11.0. The summed E-state index contributed by atoms with van der Waals surface area (Å²) in [7, 11) is 0. The summed E-state index contributed by atoms with van der Waals surface area (Å²) < 4.78 is 2.07. The number of nitrogens with zero attached hydrogens (tertiary/aromatic N) is 2. The molecule has 0 saturated carbocycles. The predicted octanol–water partition coefficient (Wildman–Crippen LogP) is 2.10. The molecule has 1 N–H and O–H groups in total. The van der Waals surface area contributed by atoms with Crippen LogP contribution in [0.5, 0.6) is 0 Å². The summed E-state index contributed by atoms with van der Waals surface area (Å²) in [6.07, 6.45) is 2.61. The van der Waals surface area contributed by atoms with Gasteiger partial charge in [-0.3, -0.25) is 0 Å². The number of alkyl halides is 1. The molecule has 1 aliphatic rings. The number of carbonyl (C=O) groups is 1. The van der Waals surface area contributed by atoms with Gasteiger partial charge in [-0.1, -0.05) is 0 Å². The van der Waals surface area contributed by atoms with Crippen molar-refractivity contribution in [1.29, 1.82) is 0 Å². The molecule has 32 heavy (non-hydrogen) atoms. The molecule has 0 fully saturated rings. The van der Waals surface area contributed by atoms with Crippen molar-refractivity contribution in [2.24, 2.45) is 0 Å². The van der Waals surface area contributed by atoms with Crippen molar-refractivity contribution in [2.45, 2.75) is 57.2 Å². The number of halogens is 1. The van der Waals surface area contributed by atoms with Gasteiger partial charge in [0.15, 0.2) is 0 Å². The fourth-order valence-electron chi connectivity index (χ4n) is 4.02. The zero-order valence-corrected chi connectivity index (χ0v) is 21.5. The average Bonchev–Trinajstić information content (AvgIpc) is 3.00. The zero-order chi connectivity index (χ0) is 23.0. The van der Waals surface area contributed by atoms with E-state index >= 15 is 0 Å². The van der Waals surface area contributed by atoms with E-state index in [2.05, 4.69) is 56.1 Å². The van der Waals surface area contributed by atoms with Crippen molar-refractivity contribution in [3.8, 4) is 0 Å². The van der Waals surface area contributed by atoms with Gasteiger partial charge in [0.1, 0.15) is 0 Å². The number of aliphatic hydroxyl groups is 1. The molecule has 0 aliphatic carbocycles. The molecule has 0 spiro atoms. The Labute approximate surface area is 201 Å². The number of fused-ring (bicyclic) bond motifs is 1. The number of amides is 1. The number of pyridine rings is 1. The molecule has 168 valence electrons. The van der Waals surface area contributed by atoms with E-state index < -0.39 is 27.4 Å². The molecule has 4 rings (SSSR count). The second-order valence-corrected chi connectivity index (χ2v) is 12.2. The summed E-state index contributed by atoms with van der Waals surface area (Å²) >= 11 is -0.412. The van der Waals surface area contributed by atoms with Crippen LogP contribution in [0.2, 0.25) is 0 Å². The van der Waals surface area contributed by atoms with Gasteiger partial charge in [-0.2, -0.15) is 0 Å². The van der Waals surface area contributed by atoms with Gasteiger partial charge in [0.25, 0.3) is 0 Å². The van der Waals surface area contributed by atoms with Crippen LogP contribution in [-0.4, -0.2) is 20.9 Å². The molecular formula is C27H30IN2O2-. The van der Waals surface area contributed by atoms with E-state index in [9.17, 15) is 9.90 Å². The van der Waals surface area contributed by atoms with Crippen LogP contribution in [0.4, 0.5) is 0 Å². The Morgan fingerprint density at radius 1 is 1.03 bits per heavy atom. The summed E-state index contributed by atoms with van der Waals surface area (Å²) in [4.78, 5) is 19.2.